The van der Waals surface area contributed by atoms with Gasteiger partial charge in [-0.15, -0.1) is 0 Å². The van der Waals surface area contributed by atoms with Crippen molar-refractivity contribution < 1.29 is 27.2 Å². The van der Waals surface area contributed by atoms with Gasteiger partial charge in [-0.05, 0) is 79.9 Å². The van der Waals surface area contributed by atoms with Crippen molar-refractivity contribution in [1.82, 2.24) is 14.8 Å². The number of rotatable bonds is 16. The highest BCUT2D eigenvalue weighted by molar-refractivity contribution is 7.95. The number of aryl methyl sites for hydroxylation is 1. The number of phenols is 2. The van der Waals surface area contributed by atoms with Crippen molar-refractivity contribution in [3.05, 3.63) is 140 Å². The lowest BCUT2D eigenvalue weighted by atomic mass is 10.1. The van der Waals surface area contributed by atoms with Crippen molar-refractivity contribution in [2.45, 2.75) is 57.9 Å². The van der Waals surface area contributed by atoms with E-state index in [1.54, 1.807) is 24.3 Å². The van der Waals surface area contributed by atoms with Gasteiger partial charge in [0.25, 0.3) is 0 Å². The predicted octanol–water partition coefficient (Wildman–Crippen LogP) is 6.14. The SMILES string of the molecule is Oc1ccccc1-c1nc(-c2ccccc2O)n(CCCCCCCCCC[P+](c2ccccc2)(c2ccccc2)c2ccccc2)n1.[Br-]. The van der Waals surface area contributed by atoms with Crippen LogP contribution in [0.2, 0.25) is 0 Å². The fourth-order valence-electron chi connectivity index (χ4n) is 6.69. The number of aromatic nitrogens is 3. The maximum Gasteiger partial charge on any atom is 0.185 e. The largest absolute Gasteiger partial charge is 1.00 e. The first-order valence-electron chi connectivity index (χ1n) is 17.2. The molecule has 0 aliphatic heterocycles. The monoisotopic (exact) mass is 733 g/mol. The lowest BCUT2D eigenvalue weighted by Gasteiger charge is -2.27. The van der Waals surface area contributed by atoms with Crippen LogP contribution in [-0.2, 0) is 6.54 Å². The third-order valence-electron chi connectivity index (χ3n) is 9.17. The number of unbranched alkanes of at least 4 members (excludes halogenated alkanes) is 7. The van der Waals surface area contributed by atoms with E-state index in [4.69, 9.17) is 10.1 Å². The molecule has 1 aromatic heterocycles. The number of aromatic hydroxyl groups is 2. The Balaban J connectivity index is 0.00000468. The van der Waals surface area contributed by atoms with Crippen LogP contribution < -0.4 is 32.9 Å². The van der Waals surface area contributed by atoms with Crippen LogP contribution in [0.25, 0.3) is 22.8 Å². The van der Waals surface area contributed by atoms with Crippen LogP contribution in [0.1, 0.15) is 51.4 Å². The van der Waals surface area contributed by atoms with Gasteiger partial charge in [0.15, 0.2) is 11.6 Å². The van der Waals surface area contributed by atoms with Crippen molar-refractivity contribution in [1.29, 1.82) is 0 Å². The molecular weight excluding hydrogens is 689 g/mol. The van der Waals surface area contributed by atoms with Crippen LogP contribution in [0.15, 0.2) is 140 Å². The van der Waals surface area contributed by atoms with Crippen molar-refractivity contribution >= 4 is 23.2 Å². The molecule has 0 bridgehead atoms. The first-order chi connectivity index (χ1) is 23.7. The van der Waals surface area contributed by atoms with Gasteiger partial charge in [-0.2, -0.15) is 5.10 Å². The standard InChI is InChI=1S/C42H44N3O2P.BrH/c46-39-30-18-16-28-37(39)41-43-42(38-29-17-19-31-40(38)47)45(44-41)32-20-5-3-1-2-4-6-21-33-48(34-22-10-7-11-23-34,35-24-12-8-13-25-35)36-26-14-9-15-27-36;/h7-19,22-31H,1-6,20-21,32-33H2,(H-,43,44,46,47);1H. The summed E-state index contributed by atoms with van der Waals surface area (Å²) in [4.78, 5) is 4.74. The van der Waals surface area contributed by atoms with Crippen LogP contribution in [0.4, 0.5) is 0 Å². The van der Waals surface area contributed by atoms with Gasteiger partial charge in [-0.25, -0.2) is 9.67 Å². The summed E-state index contributed by atoms with van der Waals surface area (Å²) in [5, 5.41) is 30.1. The smallest absolute Gasteiger partial charge is 0.185 e. The van der Waals surface area contributed by atoms with E-state index in [9.17, 15) is 10.2 Å². The molecule has 0 fully saturated rings. The molecule has 1 heterocycles. The molecule has 0 aliphatic rings. The first kappa shape index (κ1) is 36.0. The lowest BCUT2D eigenvalue weighted by molar-refractivity contribution is -0.0000116. The van der Waals surface area contributed by atoms with E-state index in [-0.39, 0.29) is 28.5 Å². The number of nitrogens with zero attached hydrogens (tertiary/aromatic N) is 3. The molecule has 6 rings (SSSR count). The molecule has 0 radical (unpaired) electrons. The number of benzene rings is 5. The second-order valence-electron chi connectivity index (χ2n) is 12.4. The van der Waals surface area contributed by atoms with Crippen LogP contribution in [0, 0.1) is 0 Å². The third kappa shape index (κ3) is 8.68. The molecule has 0 saturated carbocycles. The molecule has 0 saturated heterocycles. The summed E-state index contributed by atoms with van der Waals surface area (Å²) in [6, 6.07) is 47.9. The van der Waals surface area contributed by atoms with E-state index in [0.29, 0.717) is 29.3 Å². The molecule has 7 heteroatoms. The summed E-state index contributed by atoms with van der Waals surface area (Å²) in [5.41, 5.74) is 1.23. The Hall–Kier alpha value is -4.25. The summed E-state index contributed by atoms with van der Waals surface area (Å²) < 4.78 is 1.87. The number of hydrogen-bond acceptors (Lipinski definition) is 4. The predicted molar refractivity (Wildman–Crippen MR) is 201 cm³/mol. The Morgan fingerprint density at radius 2 is 0.878 bits per heavy atom. The van der Waals surface area contributed by atoms with Gasteiger partial charge >= 0.3 is 0 Å². The van der Waals surface area contributed by atoms with E-state index >= 15 is 0 Å². The Bertz CT molecular complexity index is 1770. The van der Waals surface area contributed by atoms with E-state index in [1.165, 1.54) is 60.6 Å². The minimum atomic E-state index is -1.75. The molecular formula is C42H45BrN3O2P. The second-order valence-corrected chi connectivity index (χ2v) is 16.0. The van der Waals surface area contributed by atoms with Crippen molar-refractivity contribution in [2.75, 3.05) is 6.16 Å². The van der Waals surface area contributed by atoms with Gasteiger partial charge in [-0.1, -0.05) is 111 Å². The fourth-order valence-corrected chi connectivity index (χ4v) is 11.1. The highest BCUT2D eigenvalue weighted by atomic mass is 79.9. The van der Waals surface area contributed by atoms with E-state index in [1.807, 2.05) is 28.9 Å². The maximum absolute atomic E-state index is 10.5. The normalized spacial score (nSPS) is 11.3. The average molecular weight is 735 g/mol. The van der Waals surface area contributed by atoms with Crippen molar-refractivity contribution in [3.8, 4) is 34.3 Å². The van der Waals surface area contributed by atoms with Gasteiger partial charge in [0.1, 0.15) is 34.7 Å². The first-order valence-corrected chi connectivity index (χ1v) is 19.2. The van der Waals surface area contributed by atoms with Crippen molar-refractivity contribution in [2.24, 2.45) is 0 Å². The molecule has 0 atom stereocenters. The maximum atomic E-state index is 10.5. The zero-order valence-electron chi connectivity index (χ0n) is 27.9. The minimum absolute atomic E-state index is 0. The van der Waals surface area contributed by atoms with Gasteiger partial charge in [-0.3, -0.25) is 0 Å². The topological polar surface area (TPSA) is 71.2 Å². The molecule has 0 aliphatic carbocycles. The molecule has 0 spiro atoms. The molecule has 5 aromatic carbocycles. The van der Waals surface area contributed by atoms with Gasteiger partial charge in [0.2, 0.25) is 0 Å². The van der Waals surface area contributed by atoms with E-state index < -0.39 is 7.26 Å². The number of halogens is 1. The van der Waals surface area contributed by atoms with E-state index in [0.717, 1.165) is 12.8 Å². The number of phenolic OH excluding ortho intramolecular Hbond substituents is 2. The Morgan fingerprint density at radius 3 is 1.37 bits per heavy atom. The van der Waals surface area contributed by atoms with Crippen LogP contribution in [-0.4, -0.2) is 31.1 Å². The zero-order valence-corrected chi connectivity index (χ0v) is 30.4. The molecule has 5 nitrogen and oxygen atoms in total. The van der Waals surface area contributed by atoms with Crippen LogP contribution in [0.5, 0.6) is 11.5 Å². The number of hydrogen-bond donors (Lipinski definition) is 2. The van der Waals surface area contributed by atoms with Gasteiger partial charge in [0, 0.05) is 6.54 Å². The Kier molecular flexibility index (Phi) is 13.2. The summed E-state index contributed by atoms with van der Waals surface area (Å²) in [7, 11) is -1.75. The summed E-state index contributed by atoms with van der Waals surface area (Å²) in [5.74, 6) is 1.40. The zero-order chi connectivity index (χ0) is 33.0. The average Bonchev–Trinajstić information content (AvgIpc) is 3.55. The molecule has 2 N–H and O–H groups in total. The third-order valence-corrected chi connectivity index (χ3v) is 13.7. The minimum Gasteiger partial charge on any atom is -1.00 e. The highest BCUT2D eigenvalue weighted by Crippen LogP contribution is 2.56. The fraction of sp³-hybridized carbons (Fsp3) is 0.238. The van der Waals surface area contributed by atoms with Gasteiger partial charge in [0.05, 0.1) is 17.3 Å². The van der Waals surface area contributed by atoms with E-state index in [2.05, 4.69) is 91.0 Å². The molecule has 0 unspecified atom stereocenters. The van der Waals surface area contributed by atoms with Crippen LogP contribution >= 0.6 is 7.26 Å². The van der Waals surface area contributed by atoms with Gasteiger partial charge < -0.3 is 27.2 Å². The number of para-hydroxylation sites is 2. The Labute approximate surface area is 301 Å². The lowest BCUT2D eigenvalue weighted by Crippen LogP contribution is -3.00. The highest BCUT2D eigenvalue weighted by Gasteiger charge is 2.44. The Morgan fingerprint density at radius 1 is 0.469 bits per heavy atom. The second kappa shape index (κ2) is 17.9. The van der Waals surface area contributed by atoms with Crippen LogP contribution in [0.3, 0.4) is 0 Å². The van der Waals surface area contributed by atoms with Crippen molar-refractivity contribution in [3.63, 3.8) is 0 Å². The summed E-state index contributed by atoms with van der Waals surface area (Å²) >= 11 is 0. The molecule has 252 valence electrons. The molecule has 0 amide bonds. The molecule has 6 aromatic rings. The molecule has 49 heavy (non-hydrogen) atoms. The summed E-state index contributed by atoms with van der Waals surface area (Å²) in [6.07, 6.45) is 10.6. The quantitative estimate of drug-likeness (QED) is 0.0927. The summed E-state index contributed by atoms with van der Waals surface area (Å²) in [6.45, 7) is 0.703.